The number of benzene rings is 2. The van der Waals surface area contributed by atoms with Crippen molar-refractivity contribution < 1.29 is 13.9 Å². The van der Waals surface area contributed by atoms with Crippen LogP contribution in [0.5, 0.6) is 5.75 Å². The van der Waals surface area contributed by atoms with Crippen LogP contribution in [0.2, 0.25) is 0 Å². The zero-order valence-corrected chi connectivity index (χ0v) is 21.6. The van der Waals surface area contributed by atoms with Crippen molar-refractivity contribution in [2.24, 2.45) is 0 Å². The summed E-state index contributed by atoms with van der Waals surface area (Å²) in [6.45, 7) is 4.08. The van der Waals surface area contributed by atoms with Crippen LogP contribution in [0.4, 0.5) is 10.3 Å². The summed E-state index contributed by atoms with van der Waals surface area (Å²) in [4.78, 5) is 22.5. The van der Waals surface area contributed by atoms with Crippen LogP contribution in [-0.2, 0) is 18.5 Å². The van der Waals surface area contributed by atoms with Crippen molar-refractivity contribution in [1.82, 2.24) is 19.4 Å². The van der Waals surface area contributed by atoms with Gasteiger partial charge in [0.25, 0.3) is 5.91 Å². The highest BCUT2D eigenvalue weighted by Crippen LogP contribution is 2.55. The standard InChI is InChI=1S/C28H34FN5O2/c1-18(20-6-7-23(29)24(14-20)36-5)34-17-28(8-9-28)25-21(16-32(3)4)12-19(13-22(25)26(34)35)15-33-11-10-31-27(33)30-2/h6-7,10-14,18H,8-9,15-17H2,1-5H3,(H,30,31)/t18-/m0/s1. The molecule has 1 atom stereocenters. The lowest BCUT2D eigenvalue weighted by atomic mass is 9.80. The SMILES string of the molecule is CNc1nccn1Cc1cc(CN(C)C)c2c(c1)C(=O)N([C@@H](C)c1ccc(F)c(OC)c1)CC21CC1. The Morgan fingerprint density at radius 1 is 1.25 bits per heavy atom. The predicted octanol–water partition coefficient (Wildman–Crippen LogP) is 4.43. The van der Waals surface area contributed by atoms with Gasteiger partial charge in [-0.15, -0.1) is 0 Å². The number of ether oxygens (including phenoxy) is 1. The molecular weight excluding hydrogens is 457 g/mol. The van der Waals surface area contributed by atoms with Gasteiger partial charge in [0.15, 0.2) is 11.6 Å². The number of anilines is 1. The van der Waals surface area contributed by atoms with E-state index in [1.807, 2.05) is 29.6 Å². The number of carbonyl (C=O) groups is 1. The number of hydrogen-bond donors (Lipinski definition) is 1. The van der Waals surface area contributed by atoms with Crippen molar-refractivity contribution in [3.05, 3.63) is 76.4 Å². The molecule has 5 rings (SSSR count). The minimum absolute atomic E-state index is 0.0172. The van der Waals surface area contributed by atoms with Crippen LogP contribution in [0.15, 0.2) is 42.7 Å². The first-order chi connectivity index (χ1) is 17.3. The van der Waals surface area contributed by atoms with Gasteiger partial charge < -0.3 is 24.4 Å². The van der Waals surface area contributed by atoms with Gasteiger partial charge in [0.2, 0.25) is 5.95 Å². The van der Waals surface area contributed by atoms with Crippen molar-refractivity contribution in [2.45, 2.75) is 44.3 Å². The molecule has 36 heavy (non-hydrogen) atoms. The molecule has 0 radical (unpaired) electrons. The van der Waals surface area contributed by atoms with E-state index in [0.717, 1.165) is 42.0 Å². The lowest BCUT2D eigenvalue weighted by Crippen LogP contribution is -2.45. The quantitative estimate of drug-likeness (QED) is 0.505. The van der Waals surface area contributed by atoms with Crippen LogP contribution in [0.1, 0.15) is 58.4 Å². The summed E-state index contributed by atoms with van der Waals surface area (Å²) >= 11 is 0. The van der Waals surface area contributed by atoms with Crippen LogP contribution < -0.4 is 10.1 Å². The molecule has 1 aromatic heterocycles. The van der Waals surface area contributed by atoms with Crippen LogP contribution in [0.25, 0.3) is 0 Å². The Bertz CT molecular complexity index is 1300. The number of methoxy groups -OCH3 is 1. The first-order valence-electron chi connectivity index (χ1n) is 12.4. The smallest absolute Gasteiger partial charge is 0.254 e. The Morgan fingerprint density at radius 2 is 2.03 bits per heavy atom. The van der Waals surface area contributed by atoms with E-state index in [1.165, 1.54) is 24.3 Å². The number of amides is 1. The van der Waals surface area contributed by atoms with Crippen LogP contribution >= 0.6 is 0 Å². The molecule has 0 saturated heterocycles. The number of fused-ring (bicyclic) bond motifs is 2. The number of nitrogens with zero attached hydrogens (tertiary/aromatic N) is 4. The molecule has 1 spiro atoms. The van der Waals surface area contributed by atoms with Gasteiger partial charge in [-0.05, 0) is 74.3 Å². The van der Waals surface area contributed by atoms with E-state index in [9.17, 15) is 9.18 Å². The van der Waals surface area contributed by atoms with Crippen LogP contribution in [0, 0.1) is 5.82 Å². The number of nitrogens with one attached hydrogen (secondary N) is 1. The van der Waals surface area contributed by atoms with E-state index in [0.29, 0.717) is 13.1 Å². The summed E-state index contributed by atoms with van der Waals surface area (Å²) in [5.74, 6) is 0.606. The zero-order valence-electron chi connectivity index (χ0n) is 21.6. The van der Waals surface area contributed by atoms with E-state index in [-0.39, 0.29) is 23.1 Å². The van der Waals surface area contributed by atoms with Crippen LogP contribution in [0.3, 0.4) is 0 Å². The molecule has 1 N–H and O–H groups in total. The molecule has 2 heterocycles. The fraction of sp³-hybridized carbons (Fsp3) is 0.429. The molecule has 0 unspecified atom stereocenters. The van der Waals surface area contributed by atoms with Crippen molar-refractivity contribution in [2.75, 3.05) is 40.1 Å². The molecule has 3 aromatic rings. The topological polar surface area (TPSA) is 62.6 Å². The van der Waals surface area contributed by atoms with Crippen molar-refractivity contribution in [3.63, 3.8) is 0 Å². The number of carbonyl (C=O) groups excluding carboxylic acids is 1. The van der Waals surface area contributed by atoms with Gasteiger partial charge in [0, 0.05) is 43.5 Å². The molecular formula is C28H34FN5O2. The minimum Gasteiger partial charge on any atom is -0.494 e. The Labute approximate surface area is 211 Å². The Hall–Kier alpha value is -3.39. The predicted molar refractivity (Wildman–Crippen MR) is 138 cm³/mol. The van der Waals surface area contributed by atoms with Gasteiger partial charge in [0.05, 0.1) is 19.7 Å². The normalized spacial score (nSPS) is 16.9. The Morgan fingerprint density at radius 3 is 2.69 bits per heavy atom. The van der Waals surface area contributed by atoms with Gasteiger partial charge >= 0.3 is 0 Å². The van der Waals surface area contributed by atoms with E-state index < -0.39 is 5.82 Å². The zero-order chi connectivity index (χ0) is 25.6. The highest BCUT2D eigenvalue weighted by molar-refractivity contribution is 5.99. The second-order valence-electron chi connectivity index (χ2n) is 10.3. The molecule has 0 bridgehead atoms. The van der Waals surface area contributed by atoms with Crippen LogP contribution in [-0.4, -0.2) is 60.1 Å². The van der Waals surface area contributed by atoms with Crippen molar-refractivity contribution >= 4 is 11.9 Å². The molecule has 1 fully saturated rings. The third-order valence-corrected chi connectivity index (χ3v) is 7.53. The molecule has 2 aliphatic rings. The van der Waals surface area contributed by atoms with Gasteiger partial charge in [-0.2, -0.15) is 0 Å². The fourth-order valence-electron chi connectivity index (χ4n) is 5.60. The molecule has 1 aliphatic heterocycles. The summed E-state index contributed by atoms with van der Waals surface area (Å²) in [6.07, 6.45) is 5.84. The number of rotatable bonds is 8. The first kappa shape index (κ1) is 24.3. The number of hydrogen-bond acceptors (Lipinski definition) is 5. The van der Waals surface area contributed by atoms with E-state index >= 15 is 0 Å². The Balaban J connectivity index is 1.57. The summed E-state index contributed by atoms with van der Waals surface area (Å²) < 4.78 is 21.3. The molecule has 7 nitrogen and oxygen atoms in total. The molecule has 190 valence electrons. The average Bonchev–Trinajstić information content (AvgIpc) is 3.48. The highest BCUT2D eigenvalue weighted by Gasteiger charge is 2.53. The summed E-state index contributed by atoms with van der Waals surface area (Å²) in [5.41, 5.74) is 5.14. The lowest BCUT2D eigenvalue weighted by Gasteiger charge is -2.40. The molecule has 1 amide bonds. The average molecular weight is 492 g/mol. The maximum Gasteiger partial charge on any atom is 0.254 e. The van der Waals surface area contributed by atoms with E-state index in [2.05, 4.69) is 41.4 Å². The second-order valence-corrected chi connectivity index (χ2v) is 10.3. The largest absolute Gasteiger partial charge is 0.494 e. The highest BCUT2D eigenvalue weighted by atomic mass is 19.1. The summed E-state index contributed by atoms with van der Waals surface area (Å²) in [6, 6.07) is 8.99. The Kier molecular flexibility index (Phi) is 6.24. The van der Waals surface area contributed by atoms with Crippen molar-refractivity contribution in [1.29, 1.82) is 0 Å². The maximum absolute atomic E-state index is 14.1. The number of halogens is 1. The van der Waals surface area contributed by atoms with E-state index in [1.54, 1.807) is 18.3 Å². The second kappa shape index (κ2) is 9.24. The van der Waals surface area contributed by atoms with Gasteiger partial charge in [-0.1, -0.05) is 12.1 Å². The van der Waals surface area contributed by atoms with E-state index in [4.69, 9.17) is 4.74 Å². The number of aromatic nitrogens is 2. The first-order valence-corrected chi connectivity index (χ1v) is 12.4. The summed E-state index contributed by atoms with van der Waals surface area (Å²) in [7, 11) is 7.44. The van der Waals surface area contributed by atoms with Gasteiger partial charge in [-0.25, -0.2) is 9.37 Å². The monoisotopic (exact) mass is 491 g/mol. The third kappa shape index (κ3) is 4.23. The minimum atomic E-state index is -0.402. The number of imidazole rings is 1. The third-order valence-electron chi connectivity index (χ3n) is 7.53. The maximum atomic E-state index is 14.1. The molecule has 8 heteroatoms. The molecule has 1 aliphatic carbocycles. The summed E-state index contributed by atoms with van der Waals surface area (Å²) in [5, 5.41) is 3.12. The molecule has 1 saturated carbocycles. The van der Waals surface area contributed by atoms with Gasteiger partial charge in [-0.3, -0.25) is 4.79 Å². The lowest BCUT2D eigenvalue weighted by molar-refractivity contribution is 0.0637. The molecule has 2 aromatic carbocycles. The van der Waals surface area contributed by atoms with Gasteiger partial charge in [0.1, 0.15) is 0 Å². The van der Waals surface area contributed by atoms with Crippen molar-refractivity contribution in [3.8, 4) is 5.75 Å². The fourth-order valence-corrected chi connectivity index (χ4v) is 5.60.